The Kier molecular flexibility index (Phi) is 6.59. The molecule has 3 N–H and O–H groups in total. The monoisotopic (exact) mass is 601 g/mol. The first kappa shape index (κ1) is 27.0. The number of ether oxygens (including phenoxy) is 1. The number of piperidine rings is 1. The smallest absolute Gasteiger partial charge is 0.407 e. The van der Waals surface area contributed by atoms with Gasteiger partial charge in [-0.2, -0.15) is 5.10 Å². The third-order valence-corrected chi connectivity index (χ3v) is 9.70. The van der Waals surface area contributed by atoms with Gasteiger partial charge >= 0.3 is 6.09 Å². The molecule has 0 radical (unpaired) electrons. The molecular formula is C27H29Cl2N7O3S. The fourth-order valence-corrected chi connectivity index (χ4v) is 7.34. The van der Waals surface area contributed by atoms with Gasteiger partial charge in [0.05, 0.1) is 16.9 Å². The molecule has 1 aliphatic carbocycles. The number of nitrogens with zero attached hydrogens (tertiary/aromatic N) is 5. The molecule has 3 aromatic heterocycles. The van der Waals surface area contributed by atoms with E-state index in [4.69, 9.17) is 37.9 Å². The molecule has 3 atom stereocenters. The fraction of sp³-hybridized carbons (Fsp3) is 0.444. The Balaban J connectivity index is 1.24. The highest BCUT2D eigenvalue weighted by Crippen LogP contribution is 2.64. The number of thiazole rings is 1. The number of phenolic OH excluding ortho intramolecular Hbond substituents is 1. The van der Waals surface area contributed by atoms with Crippen LogP contribution in [0.4, 0.5) is 10.6 Å². The van der Waals surface area contributed by atoms with E-state index in [-0.39, 0.29) is 21.2 Å². The number of carbonyl (C=O) groups excluding carboxylic acids is 1. The third kappa shape index (κ3) is 4.63. The van der Waals surface area contributed by atoms with Crippen LogP contribution < -0.4 is 10.2 Å². The van der Waals surface area contributed by atoms with Crippen molar-refractivity contribution in [2.75, 3.05) is 24.5 Å². The lowest BCUT2D eigenvalue weighted by atomic mass is 10.0. The minimum Gasteiger partial charge on any atom is -0.506 e. The Hall–Kier alpha value is -3.15. The second-order valence-corrected chi connectivity index (χ2v) is 13.0. The van der Waals surface area contributed by atoms with Crippen molar-refractivity contribution in [2.24, 2.45) is 11.8 Å². The topological polar surface area (TPSA) is 129 Å². The molecule has 210 valence electrons. The molecule has 40 heavy (non-hydrogen) atoms. The van der Waals surface area contributed by atoms with E-state index < -0.39 is 11.7 Å². The lowest BCUT2D eigenvalue weighted by Gasteiger charge is -2.26. The summed E-state index contributed by atoms with van der Waals surface area (Å²) < 4.78 is 5.51. The Morgan fingerprint density at radius 2 is 2.08 bits per heavy atom. The second kappa shape index (κ2) is 9.74. The predicted octanol–water partition coefficient (Wildman–Crippen LogP) is 5.72. The van der Waals surface area contributed by atoms with Crippen LogP contribution in [0.2, 0.25) is 10.0 Å². The number of anilines is 1. The summed E-state index contributed by atoms with van der Waals surface area (Å²) in [7, 11) is 0. The van der Waals surface area contributed by atoms with Gasteiger partial charge in [0.15, 0.2) is 0 Å². The highest BCUT2D eigenvalue weighted by Gasteiger charge is 2.68. The van der Waals surface area contributed by atoms with Crippen molar-refractivity contribution in [1.82, 2.24) is 30.5 Å². The van der Waals surface area contributed by atoms with Gasteiger partial charge in [-0.15, -0.1) is 11.3 Å². The fourth-order valence-electron chi connectivity index (χ4n) is 5.80. The average molecular weight is 603 g/mol. The normalized spacial score (nSPS) is 22.3. The number of aromatic nitrogens is 5. The van der Waals surface area contributed by atoms with Crippen molar-refractivity contribution in [1.29, 1.82) is 0 Å². The van der Waals surface area contributed by atoms with E-state index in [1.165, 1.54) is 6.07 Å². The number of rotatable bonds is 5. The maximum absolute atomic E-state index is 12.5. The van der Waals surface area contributed by atoms with Crippen molar-refractivity contribution in [2.45, 2.75) is 45.1 Å². The zero-order chi connectivity index (χ0) is 28.4. The Labute approximate surface area is 245 Å². The van der Waals surface area contributed by atoms with E-state index in [1.807, 2.05) is 27.7 Å². The number of amides is 1. The van der Waals surface area contributed by atoms with E-state index in [0.29, 0.717) is 40.8 Å². The summed E-state index contributed by atoms with van der Waals surface area (Å²) in [5.74, 6) is 1.34. The van der Waals surface area contributed by atoms with Crippen molar-refractivity contribution in [3.05, 3.63) is 44.5 Å². The minimum absolute atomic E-state index is 0.0684. The van der Waals surface area contributed by atoms with E-state index >= 15 is 0 Å². The number of hydrogen-bond acceptors (Lipinski definition) is 9. The van der Waals surface area contributed by atoms with Crippen molar-refractivity contribution in [3.63, 3.8) is 0 Å². The third-order valence-electron chi connectivity index (χ3n) is 7.68. The molecule has 1 saturated carbocycles. The van der Waals surface area contributed by atoms with Crippen LogP contribution in [0.15, 0.2) is 23.7 Å². The molecule has 0 spiro atoms. The van der Waals surface area contributed by atoms with E-state index in [1.54, 1.807) is 23.6 Å². The zero-order valence-electron chi connectivity index (χ0n) is 22.5. The lowest BCUT2D eigenvalue weighted by Crippen LogP contribution is -2.38. The Morgan fingerprint density at radius 1 is 1.27 bits per heavy atom. The number of carbonyl (C=O) groups is 1. The molecule has 1 aromatic carbocycles. The molecule has 1 aliphatic heterocycles. The number of aromatic amines is 1. The van der Waals surface area contributed by atoms with Gasteiger partial charge in [-0.3, -0.25) is 5.10 Å². The number of aryl methyl sites for hydroxylation is 1. The van der Waals surface area contributed by atoms with Crippen molar-refractivity contribution < 1.29 is 14.6 Å². The van der Waals surface area contributed by atoms with Crippen LogP contribution in [0.25, 0.3) is 22.4 Å². The SMILES string of the molecule is Cc1csc([C@@]2(CNC(=O)OC(C)(C)C)C3CCN(c4cnc5c(-c6ccc(O)c(Cl)c6Cl)[nH]nc5n4)CC32)n1. The summed E-state index contributed by atoms with van der Waals surface area (Å²) in [6.07, 6.45) is 2.27. The molecule has 10 nitrogen and oxygen atoms in total. The van der Waals surface area contributed by atoms with E-state index in [0.717, 1.165) is 36.0 Å². The first-order valence-corrected chi connectivity index (χ1v) is 14.6. The van der Waals surface area contributed by atoms with Crippen LogP contribution in [0.3, 0.4) is 0 Å². The number of fused-ring (bicyclic) bond motifs is 2. The summed E-state index contributed by atoms with van der Waals surface area (Å²) >= 11 is 14.2. The van der Waals surface area contributed by atoms with Crippen molar-refractivity contribution >= 4 is 57.6 Å². The highest BCUT2D eigenvalue weighted by atomic mass is 35.5. The molecule has 1 saturated heterocycles. The van der Waals surface area contributed by atoms with Gasteiger partial charge in [0, 0.05) is 41.7 Å². The number of H-pyrrole nitrogens is 1. The summed E-state index contributed by atoms with van der Waals surface area (Å²) in [4.78, 5) is 29.1. The Bertz CT molecular complexity index is 1620. The second-order valence-electron chi connectivity index (χ2n) is 11.4. The minimum atomic E-state index is -0.564. The van der Waals surface area contributed by atoms with Gasteiger partial charge in [-0.1, -0.05) is 23.2 Å². The standard InChI is InChI=1S/C27H29Cl2N7O3S/c1-13-11-40-24(32-13)27(12-31-25(38)39-26(2,3)4)15-7-8-36(10-16(15)27)18-9-30-22-21(34-35-23(22)33-18)14-5-6-17(37)20(29)19(14)28/h5-6,9,11,15-16,37H,7-8,10,12H2,1-4H3,(H,31,38)(H,33,34,35)/t15?,16?,27-/m0/s1. The van der Waals surface area contributed by atoms with Crippen LogP contribution in [0, 0.1) is 18.8 Å². The molecule has 2 unspecified atom stereocenters. The molecule has 6 rings (SSSR count). The van der Waals surface area contributed by atoms with Gasteiger partial charge in [0.1, 0.15) is 32.7 Å². The number of hydrogen-bond donors (Lipinski definition) is 3. The lowest BCUT2D eigenvalue weighted by molar-refractivity contribution is 0.0521. The number of aromatic hydroxyl groups is 1. The molecule has 2 aliphatic rings. The summed E-state index contributed by atoms with van der Waals surface area (Å²) in [5.41, 5.74) is 2.35. The average Bonchev–Trinajstić information content (AvgIpc) is 3.15. The number of halogens is 2. The maximum Gasteiger partial charge on any atom is 0.407 e. The van der Waals surface area contributed by atoms with Gasteiger partial charge in [-0.05, 0) is 58.1 Å². The zero-order valence-corrected chi connectivity index (χ0v) is 24.8. The van der Waals surface area contributed by atoms with Crippen LogP contribution in [-0.2, 0) is 10.2 Å². The largest absolute Gasteiger partial charge is 0.506 e. The molecular weight excluding hydrogens is 573 g/mol. The number of nitrogens with one attached hydrogen (secondary N) is 2. The molecule has 2 fully saturated rings. The van der Waals surface area contributed by atoms with Crippen LogP contribution in [0.1, 0.15) is 37.9 Å². The predicted molar refractivity (Wildman–Crippen MR) is 155 cm³/mol. The molecule has 1 amide bonds. The first-order chi connectivity index (χ1) is 19.0. The number of benzene rings is 1. The molecule has 13 heteroatoms. The van der Waals surface area contributed by atoms with Crippen LogP contribution in [-0.4, -0.2) is 61.6 Å². The van der Waals surface area contributed by atoms with Crippen LogP contribution in [0.5, 0.6) is 5.75 Å². The van der Waals surface area contributed by atoms with Gasteiger partial charge in [-0.25, -0.2) is 19.7 Å². The number of phenols is 1. The highest BCUT2D eigenvalue weighted by molar-refractivity contribution is 7.09. The molecule has 4 aromatic rings. The summed E-state index contributed by atoms with van der Waals surface area (Å²) in [6, 6.07) is 3.14. The Morgan fingerprint density at radius 3 is 2.80 bits per heavy atom. The van der Waals surface area contributed by atoms with Gasteiger partial charge < -0.3 is 20.1 Å². The van der Waals surface area contributed by atoms with Gasteiger partial charge in [0.25, 0.3) is 0 Å². The maximum atomic E-state index is 12.5. The van der Waals surface area contributed by atoms with E-state index in [9.17, 15) is 9.90 Å². The van der Waals surface area contributed by atoms with Crippen molar-refractivity contribution in [3.8, 4) is 17.0 Å². The number of alkyl carbamates (subject to hydrolysis) is 1. The summed E-state index contributed by atoms with van der Waals surface area (Å²) in [6.45, 7) is 9.60. The molecule has 0 bridgehead atoms. The van der Waals surface area contributed by atoms with Crippen LogP contribution >= 0.6 is 34.5 Å². The summed E-state index contributed by atoms with van der Waals surface area (Å²) in [5, 5.41) is 23.6. The molecule has 4 heterocycles. The van der Waals surface area contributed by atoms with Gasteiger partial charge in [0.2, 0.25) is 5.65 Å². The van der Waals surface area contributed by atoms with E-state index in [2.05, 4.69) is 30.8 Å². The first-order valence-electron chi connectivity index (χ1n) is 13.0. The quantitative estimate of drug-likeness (QED) is 0.265.